The molecule has 1 aromatic carbocycles. The minimum atomic E-state index is 0.310. The van der Waals surface area contributed by atoms with E-state index < -0.39 is 0 Å². The Labute approximate surface area is 91.7 Å². The Morgan fingerprint density at radius 2 is 2.00 bits per heavy atom. The van der Waals surface area contributed by atoms with Crippen molar-refractivity contribution in [2.45, 2.75) is 34.2 Å². The van der Waals surface area contributed by atoms with Gasteiger partial charge in [-0.15, -0.1) is 0 Å². The van der Waals surface area contributed by atoms with Crippen LogP contribution in [0.3, 0.4) is 0 Å². The number of benzene rings is 1. The SMILES string of the molecule is Cc1ccc2c([c]cn2CC(C)(C)C)c1. The number of aromatic nitrogens is 1. The third-order valence-electron chi connectivity index (χ3n) is 2.48. The fraction of sp³-hybridized carbons (Fsp3) is 0.429. The molecule has 0 fully saturated rings. The Morgan fingerprint density at radius 1 is 1.27 bits per heavy atom. The van der Waals surface area contributed by atoms with Gasteiger partial charge in [-0.3, -0.25) is 0 Å². The summed E-state index contributed by atoms with van der Waals surface area (Å²) in [6.07, 6.45) is 2.06. The van der Waals surface area contributed by atoms with Crippen molar-refractivity contribution in [2.24, 2.45) is 5.41 Å². The van der Waals surface area contributed by atoms with Crippen LogP contribution < -0.4 is 0 Å². The van der Waals surface area contributed by atoms with E-state index >= 15 is 0 Å². The third kappa shape index (κ3) is 2.23. The maximum absolute atomic E-state index is 3.31. The molecule has 0 amide bonds. The minimum absolute atomic E-state index is 0.310. The normalized spacial score (nSPS) is 12.3. The number of fused-ring (bicyclic) bond motifs is 1. The highest BCUT2D eigenvalue weighted by molar-refractivity contribution is 5.80. The molecule has 15 heavy (non-hydrogen) atoms. The molecule has 0 saturated carbocycles. The molecular weight excluding hydrogens is 182 g/mol. The van der Waals surface area contributed by atoms with Gasteiger partial charge >= 0.3 is 0 Å². The molecule has 0 saturated heterocycles. The summed E-state index contributed by atoms with van der Waals surface area (Å²) in [5, 5.41) is 1.22. The molecule has 1 heteroatoms. The molecule has 0 spiro atoms. The van der Waals surface area contributed by atoms with Crippen LogP contribution in [0.1, 0.15) is 26.3 Å². The van der Waals surface area contributed by atoms with Gasteiger partial charge in [0.05, 0.1) is 0 Å². The van der Waals surface area contributed by atoms with Crippen LogP contribution in [-0.4, -0.2) is 4.57 Å². The quantitative estimate of drug-likeness (QED) is 0.660. The molecule has 0 aliphatic carbocycles. The molecule has 0 aliphatic heterocycles. The first kappa shape index (κ1) is 10.3. The molecule has 1 radical (unpaired) electrons. The largest absolute Gasteiger partial charge is 0.346 e. The monoisotopic (exact) mass is 200 g/mol. The summed E-state index contributed by atoms with van der Waals surface area (Å²) in [5.41, 5.74) is 2.90. The minimum Gasteiger partial charge on any atom is -0.346 e. The van der Waals surface area contributed by atoms with Crippen molar-refractivity contribution in [3.8, 4) is 0 Å². The maximum atomic E-state index is 3.31. The Balaban J connectivity index is 2.45. The van der Waals surface area contributed by atoms with Crippen LogP contribution in [0.2, 0.25) is 0 Å². The third-order valence-corrected chi connectivity index (χ3v) is 2.48. The second kappa shape index (κ2) is 3.41. The predicted octanol–water partition coefficient (Wildman–Crippen LogP) is 3.80. The molecule has 0 unspecified atom stereocenters. The van der Waals surface area contributed by atoms with E-state index in [1.807, 2.05) is 0 Å². The van der Waals surface area contributed by atoms with Gasteiger partial charge < -0.3 is 4.57 Å². The summed E-state index contributed by atoms with van der Waals surface area (Å²) in [6, 6.07) is 9.85. The lowest BCUT2D eigenvalue weighted by atomic mass is 9.97. The summed E-state index contributed by atoms with van der Waals surface area (Å²) in [6.45, 7) is 9.93. The average molecular weight is 200 g/mol. The molecule has 1 heterocycles. The molecule has 0 aliphatic rings. The second-order valence-corrected chi connectivity index (χ2v) is 5.48. The van der Waals surface area contributed by atoms with E-state index in [-0.39, 0.29) is 0 Å². The van der Waals surface area contributed by atoms with E-state index in [0.29, 0.717) is 5.41 Å². The van der Waals surface area contributed by atoms with Crippen molar-refractivity contribution in [1.82, 2.24) is 4.57 Å². The first-order chi connectivity index (χ1) is 6.96. The van der Waals surface area contributed by atoms with E-state index in [1.165, 1.54) is 16.5 Å². The number of rotatable bonds is 1. The fourth-order valence-corrected chi connectivity index (χ4v) is 1.87. The zero-order chi connectivity index (χ0) is 11.1. The highest BCUT2D eigenvalue weighted by Gasteiger charge is 2.12. The summed E-state index contributed by atoms with van der Waals surface area (Å²) in [7, 11) is 0. The van der Waals surface area contributed by atoms with E-state index in [9.17, 15) is 0 Å². The maximum Gasteiger partial charge on any atom is 0.0487 e. The van der Waals surface area contributed by atoms with Crippen molar-refractivity contribution in [3.05, 3.63) is 36.0 Å². The summed E-state index contributed by atoms with van der Waals surface area (Å²) >= 11 is 0. The van der Waals surface area contributed by atoms with Crippen molar-refractivity contribution in [1.29, 1.82) is 0 Å². The summed E-state index contributed by atoms with van der Waals surface area (Å²) in [5.74, 6) is 0. The van der Waals surface area contributed by atoms with Gasteiger partial charge in [-0.05, 0) is 24.5 Å². The summed E-state index contributed by atoms with van der Waals surface area (Å²) < 4.78 is 2.29. The molecular formula is C14H18N. The van der Waals surface area contributed by atoms with Crippen LogP contribution in [0.4, 0.5) is 0 Å². The molecule has 1 nitrogen and oxygen atoms in total. The van der Waals surface area contributed by atoms with Gasteiger partial charge in [0.1, 0.15) is 0 Å². The van der Waals surface area contributed by atoms with Crippen LogP contribution in [0.5, 0.6) is 0 Å². The Morgan fingerprint density at radius 3 is 2.67 bits per heavy atom. The number of aryl methyl sites for hydroxylation is 1. The first-order valence-electron chi connectivity index (χ1n) is 5.43. The zero-order valence-corrected chi connectivity index (χ0v) is 9.96. The smallest absolute Gasteiger partial charge is 0.0487 e. The molecule has 2 rings (SSSR count). The highest BCUT2D eigenvalue weighted by Crippen LogP contribution is 2.22. The van der Waals surface area contributed by atoms with Crippen molar-refractivity contribution >= 4 is 10.9 Å². The standard InChI is InChI=1S/C14H18N/c1-11-5-6-13-12(9-11)7-8-15(13)10-14(2,3)4/h5-6,8-9H,10H2,1-4H3. The van der Waals surface area contributed by atoms with Crippen LogP contribution in [0, 0.1) is 18.4 Å². The van der Waals surface area contributed by atoms with Crippen LogP contribution in [0.25, 0.3) is 10.9 Å². The lowest BCUT2D eigenvalue weighted by molar-refractivity contribution is 0.349. The van der Waals surface area contributed by atoms with Crippen molar-refractivity contribution in [3.63, 3.8) is 0 Å². The predicted molar refractivity (Wildman–Crippen MR) is 65.0 cm³/mol. The van der Waals surface area contributed by atoms with Gasteiger partial charge in [-0.1, -0.05) is 32.4 Å². The molecule has 2 aromatic rings. The highest BCUT2D eigenvalue weighted by atomic mass is 15.0. The van der Waals surface area contributed by atoms with Gasteiger partial charge in [0, 0.05) is 29.7 Å². The van der Waals surface area contributed by atoms with Crippen LogP contribution >= 0.6 is 0 Å². The topological polar surface area (TPSA) is 4.93 Å². The van der Waals surface area contributed by atoms with Crippen LogP contribution in [0.15, 0.2) is 24.4 Å². The molecule has 0 atom stereocenters. The number of hydrogen-bond donors (Lipinski definition) is 0. The van der Waals surface area contributed by atoms with Gasteiger partial charge in [-0.2, -0.15) is 0 Å². The molecule has 1 aromatic heterocycles. The van der Waals surface area contributed by atoms with Gasteiger partial charge in [0.2, 0.25) is 0 Å². The van der Waals surface area contributed by atoms with E-state index in [1.54, 1.807) is 0 Å². The van der Waals surface area contributed by atoms with Crippen molar-refractivity contribution < 1.29 is 0 Å². The zero-order valence-electron chi connectivity index (χ0n) is 9.96. The van der Waals surface area contributed by atoms with Crippen LogP contribution in [-0.2, 0) is 6.54 Å². The first-order valence-corrected chi connectivity index (χ1v) is 5.43. The lowest BCUT2D eigenvalue weighted by Gasteiger charge is -2.19. The Bertz CT molecular complexity index is 472. The van der Waals surface area contributed by atoms with E-state index in [2.05, 4.69) is 62.7 Å². The second-order valence-electron chi connectivity index (χ2n) is 5.48. The Kier molecular flexibility index (Phi) is 2.34. The molecule has 0 N–H and O–H groups in total. The van der Waals surface area contributed by atoms with Gasteiger partial charge in [0.25, 0.3) is 0 Å². The van der Waals surface area contributed by atoms with Gasteiger partial charge in [-0.25, -0.2) is 0 Å². The van der Waals surface area contributed by atoms with E-state index in [0.717, 1.165) is 6.54 Å². The van der Waals surface area contributed by atoms with Gasteiger partial charge in [0.15, 0.2) is 0 Å². The molecule has 79 valence electrons. The summed E-state index contributed by atoms with van der Waals surface area (Å²) in [4.78, 5) is 0. The molecule has 0 bridgehead atoms. The van der Waals surface area contributed by atoms with Crippen molar-refractivity contribution in [2.75, 3.05) is 0 Å². The fourth-order valence-electron chi connectivity index (χ4n) is 1.87. The Hall–Kier alpha value is -1.24. The lowest BCUT2D eigenvalue weighted by Crippen LogP contribution is -2.14. The number of hydrogen-bond acceptors (Lipinski definition) is 0. The number of nitrogens with zero attached hydrogens (tertiary/aromatic N) is 1. The van der Waals surface area contributed by atoms with E-state index in [4.69, 9.17) is 0 Å². The average Bonchev–Trinajstić information content (AvgIpc) is 2.45.